The molecule has 1 saturated carbocycles. The number of hydrogen-bond donors (Lipinski definition) is 2. The van der Waals surface area contributed by atoms with Gasteiger partial charge in [-0.1, -0.05) is 44.3 Å². The minimum absolute atomic E-state index is 0.0935. The van der Waals surface area contributed by atoms with Gasteiger partial charge in [0.05, 0.1) is 4.90 Å². The van der Waals surface area contributed by atoms with Crippen molar-refractivity contribution in [2.24, 2.45) is 17.1 Å². The summed E-state index contributed by atoms with van der Waals surface area (Å²) in [5.41, 5.74) is 6.10. The molecule has 4 nitrogen and oxygen atoms in total. The van der Waals surface area contributed by atoms with E-state index >= 15 is 0 Å². The average Bonchev–Trinajstić information content (AvgIpc) is 3.18. The zero-order chi connectivity index (χ0) is 15.0. The lowest BCUT2D eigenvalue weighted by molar-refractivity contribution is 0.357. The molecule has 1 aromatic rings. The summed E-state index contributed by atoms with van der Waals surface area (Å²) in [5.74, 6) is 0.469. The molecule has 6 heteroatoms. The third-order valence-corrected chi connectivity index (χ3v) is 5.85. The number of benzene rings is 1. The van der Waals surface area contributed by atoms with Gasteiger partial charge in [-0.25, -0.2) is 13.1 Å². The maximum atomic E-state index is 12.4. The van der Waals surface area contributed by atoms with Gasteiger partial charge in [-0.2, -0.15) is 0 Å². The zero-order valence-corrected chi connectivity index (χ0v) is 13.4. The Morgan fingerprint density at radius 3 is 2.50 bits per heavy atom. The first-order valence-corrected chi connectivity index (χ1v) is 8.56. The summed E-state index contributed by atoms with van der Waals surface area (Å²) in [7, 11) is -3.58. The molecule has 0 bridgehead atoms. The molecule has 1 aromatic carbocycles. The standard InChI is InChI=1S/C14H20N2O2S2/c1-10(2)14(7-8-14)9-16-20(17,18)12-6-4-3-5-11(12)13(15)19/h3-6,10,16H,7-9H2,1-2H3,(H2,15,19). The van der Waals surface area contributed by atoms with Crippen LogP contribution in [0, 0.1) is 11.3 Å². The minimum atomic E-state index is -3.58. The van der Waals surface area contributed by atoms with Crippen molar-refractivity contribution in [3.05, 3.63) is 29.8 Å². The van der Waals surface area contributed by atoms with Crippen LogP contribution >= 0.6 is 12.2 Å². The second-order valence-electron chi connectivity index (χ2n) is 5.70. The Balaban J connectivity index is 2.21. The third-order valence-electron chi connectivity index (χ3n) is 4.17. The van der Waals surface area contributed by atoms with Gasteiger partial charge in [0.2, 0.25) is 10.0 Å². The SMILES string of the molecule is CC(C)C1(CNS(=O)(=O)c2ccccc2C(N)=S)CC1. The fourth-order valence-electron chi connectivity index (χ4n) is 2.34. The molecule has 0 aromatic heterocycles. The van der Waals surface area contributed by atoms with E-state index < -0.39 is 10.0 Å². The van der Waals surface area contributed by atoms with Gasteiger partial charge >= 0.3 is 0 Å². The Hall–Kier alpha value is -0.980. The summed E-state index contributed by atoms with van der Waals surface area (Å²) < 4.78 is 27.6. The predicted octanol–water partition coefficient (Wildman–Crippen LogP) is 2.04. The van der Waals surface area contributed by atoms with Gasteiger partial charge in [0.15, 0.2) is 0 Å². The molecule has 3 N–H and O–H groups in total. The van der Waals surface area contributed by atoms with Gasteiger partial charge in [-0.15, -0.1) is 0 Å². The maximum Gasteiger partial charge on any atom is 0.241 e. The normalized spacial score (nSPS) is 17.1. The van der Waals surface area contributed by atoms with Gasteiger partial charge < -0.3 is 5.73 Å². The number of thiocarbonyl (C=S) groups is 1. The maximum absolute atomic E-state index is 12.4. The molecule has 1 fully saturated rings. The molecule has 110 valence electrons. The van der Waals surface area contributed by atoms with E-state index in [4.69, 9.17) is 18.0 Å². The fraction of sp³-hybridized carbons (Fsp3) is 0.500. The molecule has 0 aliphatic heterocycles. The highest BCUT2D eigenvalue weighted by atomic mass is 32.2. The molecule has 20 heavy (non-hydrogen) atoms. The van der Waals surface area contributed by atoms with E-state index in [1.165, 1.54) is 6.07 Å². The summed E-state index contributed by atoms with van der Waals surface area (Å²) >= 11 is 4.92. The first-order chi connectivity index (χ1) is 9.28. The van der Waals surface area contributed by atoms with E-state index in [1.807, 2.05) is 0 Å². The van der Waals surface area contributed by atoms with Crippen molar-refractivity contribution in [1.82, 2.24) is 4.72 Å². The van der Waals surface area contributed by atoms with Crippen molar-refractivity contribution in [3.8, 4) is 0 Å². The number of rotatable bonds is 6. The predicted molar refractivity (Wildman–Crippen MR) is 84.0 cm³/mol. The van der Waals surface area contributed by atoms with Crippen LogP contribution in [0.5, 0.6) is 0 Å². The first kappa shape index (κ1) is 15.4. The van der Waals surface area contributed by atoms with Crippen LogP contribution in [-0.2, 0) is 10.0 Å². The van der Waals surface area contributed by atoms with E-state index in [9.17, 15) is 8.42 Å². The average molecular weight is 312 g/mol. The molecular weight excluding hydrogens is 292 g/mol. The Labute approximate surface area is 125 Å². The van der Waals surface area contributed by atoms with Crippen molar-refractivity contribution >= 4 is 27.2 Å². The number of sulfonamides is 1. The van der Waals surface area contributed by atoms with Crippen molar-refractivity contribution in [2.45, 2.75) is 31.6 Å². The first-order valence-electron chi connectivity index (χ1n) is 6.67. The molecule has 0 atom stereocenters. The fourth-order valence-corrected chi connectivity index (χ4v) is 3.94. The van der Waals surface area contributed by atoms with Crippen LogP contribution in [0.3, 0.4) is 0 Å². The van der Waals surface area contributed by atoms with Gasteiger partial charge in [0, 0.05) is 12.1 Å². The summed E-state index contributed by atoms with van der Waals surface area (Å²) in [5, 5.41) is 0. The van der Waals surface area contributed by atoms with Gasteiger partial charge in [0.1, 0.15) is 4.99 Å². The Morgan fingerprint density at radius 1 is 1.40 bits per heavy atom. The van der Waals surface area contributed by atoms with Gasteiger partial charge in [-0.05, 0) is 30.2 Å². The van der Waals surface area contributed by atoms with Crippen LogP contribution in [0.25, 0.3) is 0 Å². The molecule has 2 rings (SSSR count). The van der Waals surface area contributed by atoms with Crippen molar-refractivity contribution in [3.63, 3.8) is 0 Å². The second kappa shape index (κ2) is 5.42. The van der Waals surface area contributed by atoms with Crippen LogP contribution in [0.1, 0.15) is 32.3 Å². The van der Waals surface area contributed by atoms with Crippen LogP contribution in [0.2, 0.25) is 0 Å². The molecule has 0 unspecified atom stereocenters. The lowest BCUT2D eigenvalue weighted by atomic mass is 9.93. The van der Waals surface area contributed by atoms with Crippen molar-refractivity contribution in [1.29, 1.82) is 0 Å². The highest BCUT2D eigenvalue weighted by Gasteiger charge is 2.45. The summed E-state index contributed by atoms with van der Waals surface area (Å²) in [6, 6.07) is 6.56. The van der Waals surface area contributed by atoms with Gasteiger partial charge in [-0.3, -0.25) is 0 Å². The number of hydrogen-bond acceptors (Lipinski definition) is 3. The summed E-state index contributed by atoms with van der Waals surface area (Å²) in [6.07, 6.45) is 2.15. The molecule has 0 saturated heterocycles. The molecule has 1 aliphatic carbocycles. The highest BCUT2D eigenvalue weighted by molar-refractivity contribution is 7.89. The van der Waals surface area contributed by atoms with E-state index in [0.29, 0.717) is 18.0 Å². The van der Waals surface area contributed by atoms with Crippen LogP contribution < -0.4 is 10.5 Å². The molecule has 0 spiro atoms. The Morgan fingerprint density at radius 2 is 2.00 bits per heavy atom. The summed E-state index contributed by atoms with van der Waals surface area (Å²) in [6.45, 7) is 4.73. The lowest BCUT2D eigenvalue weighted by Gasteiger charge is -2.20. The second-order valence-corrected chi connectivity index (χ2v) is 7.88. The van der Waals surface area contributed by atoms with Crippen molar-refractivity contribution < 1.29 is 8.42 Å². The minimum Gasteiger partial charge on any atom is -0.389 e. The van der Waals surface area contributed by atoms with Crippen LogP contribution in [-0.4, -0.2) is 20.0 Å². The number of nitrogens with one attached hydrogen (secondary N) is 1. The highest BCUT2D eigenvalue weighted by Crippen LogP contribution is 2.51. The Kier molecular flexibility index (Phi) is 4.18. The zero-order valence-electron chi connectivity index (χ0n) is 11.7. The lowest BCUT2D eigenvalue weighted by Crippen LogP contribution is -2.33. The molecule has 0 heterocycles. The smallest absolute Gasteiger partial charge is 0.241 e. The van der Waals surface area contributed by atoms with E-state index in [1.54, 1.807) is 18.2 Å². The quantitative estimate of drug-likeness (QED) is 0.789. The van der Waals surface area contributed by atoms with Crippen molar-refractivity contribution in [2.75, 3.05) is 6.54 Å². The van der Waals surface area contributed by atoms with Crippen LogP contribution in [0.4, 0.5) is 0 Å². The van der Waals surface area contributed by atoms with E-state index in [-0.39, 0.29) is 15.3 Å². The van der Waals surface area contributed by atoms with E-state index in [2.05, 4.69) is 18.6 Å². The molecule has 0 radical (unpaired) electrons. The topological polar surface area (TPSA) is 72.2 Å². The largest absolute Gasteiger partial charge is 0.389 e. The van der Waals surface area contributed by atoms with E-state index in [0.717, 1.165) is 12.8 Å². The molecule has 0 amide bonds. The molecular formula is C14H20N2O2S2. The Bertz CT molecular complexity index is 620. The van der Waals surface area contributed by atoms with Gasteiger partial charge in [0.25, 0.3) is 0 Å². The number of nitrogens with two attached hydrogens (primary N) is 1. The third kappa shape index (κ3) is 3.02. The molecule has 1 aliphatic rings. The van der Waals surface area contributed by atoms with Crippen LogP contribution in [0.15, 0.2) is 29.2 Å². The summed E-state index contributed by atoms with van der Waals surface area (Å²) in [4.78, 5) is 0.253. The monoisotopic (exact) mass is 312 g/mol.